The quantitative estimate of drug-likeness (QED) is 0.742. The molecule has 2 rings (SSSR count). The van der Waals surface area contributed by atoms with E-state index >= 15 is 0 Å². The molecule has 1 amide bonds. The van der Waals surface area contributed by atoms with Crippen molar-refractivity contribution < 1.29 is 14.3 Å². The predicted molar refractivity (Wildman–Crippen MR) is 99.2 cm³/mol. The van der Waals surface area contributed by atoms with Crippen LogP contribution in [0, 0.1) is 6.92 Å². The molecule has 0 saturated heterocycles. The average molecular weight is 345 g/mol. The molecule has 0 fully saturated rings. The fraction of sp³-hybridized carbons (Fsp3) is 0.316. The average Bonchev–Trinajstić information content (AvgIpc) is 2.60. The van der Waals surface area contributed by atoms with Crippen molar-refractivity contribution >= 4 is 17.7 Å². The summed E-state index contributed by atoms with van der Waals surface area (Å²) in [4.78, 5) is 12.2. The molecular weight excluding hydrogens is 322 g/mol. The maximum absolute atomic E-state index is 12.2. The number of benzene rings is 2. The number of carbonyl (C=O) groups is 1. The van der Waals surface area contributed by atoms with Gasteiger partial charge in [-0.1, -0.05) is 29.8 Å². The zero-order chi connectivity index (χ0) is 17.4. The number of amides is 1. The van der Waals surface area contributed by atoms with Gasteiger partial charge in [0, 0.05) is 29.7 Å². The standard InChI is InChI=1S/C19H23NO3S/c1-14-5-4-6-15(9-14)13-24-8-7-20-19(21)16-10-17(22-2)12-18(11-16)23-3/h4-6,9-12H,7-8,13H2,1-3H3,(H,20,21). The maximum atomic E-state index is 12.2. The van der Waals surface area contributed by atoms with Crippen LogP contribution in [-0.2, 0) is 5.75 Å². The number of nitrogens with one attached hydrogen (secondary N) is 1. The van der Waals surface area contributed by atoms with Crippen LogP contribution in [0.5, 0.6) is 11.5 Å². The second-order valence-electron chi connectivity index (χ2n) is 5.40. The first-order chi connectivity index (χ1) is 11.6. The minimum Gasteiger partial charge on any atom is -0.497 e. The van der Waals surface area contributed by atoms with E-state index in [4.69, 9.17) is 9.47 Å². The second kappa shape index (κ2) is 9.23. The fourth-order valence-corrected chi connectivity index (χ4v) is 3.08. The highest BCUT2D eigenvalue weighted by Crippen LogP contribution is 2.22. The van der Waals surface area contributed by atoms with Crippen LogP contribution in [0.2, 0.25) is 0 Å². The lowest BCUT2D eigenvalue weighted by Gasteiger charge is -2.09. The van der Waals surface area contributed by atoms with Gasteiger partial charge in [0.25, 0.3) is 5.91 Å². The molecule has 1 N–H and O–H groups in total. The van der Waals surface area contributed by atoms with Gasteiger partial charge >= 0.3 is 0 Å². The summed E-state index contributed by atoms with van der Waals surface area (Å²) in [5.74, 6) is 2.90. The van der Waals surface area contributed by atoms with Crippen LogP contribution < -0.4 is 14.8 Å². The van der Waals surface area contributed by atoms with Crippen LogP contribution >= 0.6 is 11.8 Å². The third-order valence-corrected chi connectivity index (χ3v) is 4.53. The maximum Gasteiger partial charge on any atom is 0.251 e. The third-order valence-electron chi connectivity index (χ3n) is 3.50. The third kappa shape index (κ3) is 5.49. The predicted octanol–water partition coefficient (Wildman–Crippen LogP) is 3.68. The molecule has 0 spiro atoms. The number of hydrogen-bond donors (Lipinski definition) is 1. The molecule has 0 bridgehead atoms. The molecule has 0 aliphatic heterocycles. The monoisotopic (exact) mass is 345 g/mol. The number of methoxy groups -OCH3 is 2. The molecule has 0 aliphatic rings. The van der Waals surface area contributed by atoms with Crippen LogP contribution in [0.4, 0.5) is 0 Å². The Morgan fingerprint density at radius 2 is 1.79 bits per heavy atom. The van der Waals surface area contributed by atoms with Crippen molar-refractivity contribution in [2.45, 2.75) is 12.7 Å². The molecule has 128 valence electrons. The van der Waals surface area contributed by atoms with E-state index < -0.39 is 0 Å². The van der Waals surface area contributed by atoms with Crippen molar-refractivity contribution in [3.8, 4) is 11.5 Å². The summed E-state index contributed by atoms with van der Waals surface area (Å²) in [6, 6.07) is 13.6. The minimum atomic E-state index is -0.122. The van der Waals surface area contributed by atoms with Gasteiger partial charge in [0.15, 0.2) is 0 Å². The number of thioether (sulfide) groups is 1. The molecule has 24 heavy (non-hydrogen) atoms. The first kappa shape index (κ1) is 18.2. The Bertz CT molecular complexity index is 666. The topological polar surface area (TPSA) is 47.6 Å². The van der Waals surface area contributed by atoms with Crippen molar-refractivity contribution in [3.63, 3.8) is 0 Å². The number of ether oxygens (including phenoxy) is 2. The molecule has 0 saturated carbocycles. The molecule has 2 aromatic rings. The molecule has 0 heterocycles. The lowest BCUT2D eigenvalue weighted by atomic mass is 10.2. The smallest absolute Gasteiger partial charge is 0.251 e. The Labute approximate surface area is 147 Å². The Hall–Kier alpha value is -2.14. The van der Waals surface area contributed by atoms with Gasteiger partial charge < -0.3 is 14.8 Å². The Kier molecular flexibility index (Phi) is 7.00. The molecule has 0 radical (unpaired) electrons. The normalized spacial score (nSPS) is 10.3. The Balaban J connectivity index is 1.79. The van der Waals surface area contributed by atoms with E-state index in [0.29, 0.717) is 23.6 Å². The number of aryl methyl sites for hydroxylation is 1. The van der Waals surface area contributed by atoms with Crippen LogP contribution in [0.3, 0.4) is 0 Å². The Morgan fingerprint density at radius 3 is 2.42 bits per heavy atom. The molecule has 0 unspecified atom stereocenters. The lowest BCUT2D eigenvalue weighted by molar-refractivity contribution is 0.0955. The van der Waals surface area contributed by atoms with Gasteiger partial charge in [-0.25, -0.2) is 0 Å². The first-order valence-electron chi connectivity index (χ1n) is 7.77. The second-order valence-corrected chi connectivity index (χ2v) is 6.50. The summed E-state index contributed by atoms with van der Waals surface area (Å²) in [6.07, 6.45) is 0. The highest BCUT2D eigenvalue weighted by molar-refractivity contribution is 7.98. The van der Waals surface area contributed by atoms with Crippen molar-refractivity contribution in [2.75, 3.05) is 26.5 Å². The van der Waals surface area contributed by atoms with Crippen molar-refractivity contribution in [3.05, 3.63) is 59.2 Å². The number of carbonyl (C=O) groups excluding carboxylic acids is 1. The molecule has 0 atom stereocenters. The van der Waals surface area contributed by atoms with Gasteiger partial charge in [0.1, 0.15) is 11.5 Å². The molecular formula is C19H23NO3S. The van der Waals surface area contributed by atoms with Crippen LogP contribution in [0.25, 0.3) is 0 Å². The zero-order valence-electron chi connectivity index (χ0n) is 14.3. The molecule has 4 nitrogen and oxygen atoms in total. The van der Waals surface area contributed by atoms with E-state index in [-0.39, 0.29) is 5.91 Å². The summed E-state index contributed by atoms with van der Waals surface area (Å²) in [5.41, 5.74) is 3.12. The van der Waals surface area contributed by atoms with Gasteiger partial charge in [-0.05, 0) is 24.6 Å². The van der Waals surface area contributed by atoms with E-state index in [2.05, 4.69) is 36.5 Å². The summed E-state index contributed by atoms with van der Waals surface area (Å²) in [5, 5.41) is 2.93. The van der Waals surface area contributed by atoms with Crippen LogP contribution in [-0.4, -0.2) is 32.4 Å². The molecule has 0 aliphatic carbocycles. The molecule has 2 aromatic carbocycles. The highest BCUT2D eigenvalue weighted by Gasteiger charge is 2.09. The summed E-state index contributed by atoms with van der Waals surface area (Å²) >= 11 is 1.80. The van der Waals surface area contributed by atoms with E-state index in [1.54, 1.807) is 44.2 Å². The van der Waals surface area contributed by atoms with Gasteiger partial charge in [0.2, 0.25) is 0 Å². The van der Waals surface area contributed by atoms with Crippen molar-refractivity contribution in [1.82, 2.24) is 5.32 Å². The lowest BCUT2D eigenvalue weighted by Crippen LogP contribution is -2.25. The summed E-state index contributed by atoms with van der Waals surface area (Å²) < 4.78 is 10.4. The van der Waals surface area contributed by atoms with Gasteiger partial charge in [-0.3, -0.25) is 4.79 Å². The van der Waals surface area contributed by atoms with Crippen molar-refractivity contribution in [2.24, 2.45) is 0 Å². The van der Waals surface area contributed by atoms with Crippen LogP contribution in [0.1, 0.15) is 21.5 Å². The number of rotatable bonds is 8. The van der Waals surface area contributed by atoms with Gasteiger partial charge in [-0.15, -0.1) is 0 Å². The van der Waals surface area contributed by atoms with E-state index in [1.807, 2.05) is 0 Å². The first-order valence-corrected chi connectivity index (χ1v) is 8.92. The number of hydrogen-bond acceptors (Lipinski definition) is 4. The van der Waals surface area contributed by atoms with Gasteiger partial charge in [0.05, 0.1) is 14.2 Å². The van der Waals surface area contributed by atoms with E-state index in [1.165, 1.54) is 11.1 Å². The van der Waals surface area contributed by atoms with Crippen molar-refractivity contribution in [1.29, 1.82) is 0 Å². The van der Waals surface area contributed by atoms with Crippen LogP contribution in [0.15, 0.2) is 42.5 Å². The summed E-state index contributed by atoms with van der Waals surface area (Å²) in [7, 11) is 3.14. The minimum absolute atomic E-state index is 0.122. The van der Waals surface area contributed by atoms with E-state index in [0.717, 1.165) is 11.5 Å². The fourth-order valence-electron chi connectivity index (χ4n) is 2.27. The molecule has 5 heteroatoms. The SMILES string of the molecule is COc1cc(OC)cc(C(=O)NCCSCc2cccc(C)c2)c1. The largest absolute Gasteiger partial charge is 0.497 e. The zero-order valence-corrected chi connectivity index (χ0v) is 15.1. The van der Waals surface area contributed by atoms with Gasteiger partial charge in [-0.2, -0.15) is 11.8 Å². The highest BCUT2D eigenvalue weighted by atomic mass is 32.2. The molecule has 0 aromatic heterocycles. The Morgan fingerprint density at radius 1 is 1.08 bits per heavy atom. The summed E-state index contributed by atoms with van der Waals surface area (Å²) in [6.45, 7) is 2.71. The van der Waals surface area contributed by atoms with E-state index in [9.17, 15) is 4.79 Å².